The van der Waals surface area contributed by atoms with Crippen molar-refractivity contribution in [3.8, 4) is 0 Å². The molecule has 0 fully saturated rings. The lowest BCUT2D eigenvalue weighted by Gasteiger charge is -2.43. The molecule has 2 unspecified atom stereocenters. The standard InChI is InChI=1S/C24H48N2O3SSi2/c1-22(2,3)30(27)26-20(18-28-31(10,11)23(4,5)6)21(19-16-14-15-17-25-19)29-32(12,13)24(7,8)9/h14-17,20-21,26H,18H2,1-13H3/t20-,21?,30?/m0/s1. The van der Waals surface area contributed by atoms with Gasteiger partial charge in [-0.25, -0.2) is 0 Å². The van der Waals surface area contributed by atoms with E-state index in [4.69, 9.17) is 8.85 Å². The summed E-state index contributed by atoms with van der Waals surface area (Å²) in [4.78, 5) is 4.64. The second kappa shape index (κ2) is 10.6. The van der Waals surface area contributed by atoms with Crippen LogP contribution in [0.5, 0.6) is 0 Å². The van der Waals surface area contributed by atoms with E-state index in [1.54, 1.807) is 6.20 Å². The first-order valence-corrected chi connectivity index (χ1v) is 18.6. The third kappa shape index (κ3) is 8.22. The highest BCUT2D eigenvalue weighted by molar-refractivity contribution is 7.90. The molecule has 1 N–H and O–H groups in total. The number of pyridine rings is 1. The third-order valence-corrected chi connectivity index (χ3v) is 17.4. The van der Waals surface area contributed by atoms with Crippen LogP contribution in [0.1, 0.15) is 74.1 Å². The Balaban J connectivity index is 3.41. The molecule has 0 amide bonds. The Bertz CT molecular complexity index is 711. The van der Waals surface area contributed by atoms with Crippen LogP contribution < -0.4 is 4.72 Å². The molecule has 1 heterocycles. The molecule has 0 bridgehead atoms. The van der Waals surface area contributed by atoms with E-state index in [9.17, 15) is 4.55 Å². The quantitative estimate of drug-likeness (QED) is 0.306. The predicted octanol–water partition coefficient (Wildman–Crippen LogP) is 6.59. The molecule has 0 saturated heterocycles. The van der Waals surface area contributed by atoms with Gasteiger partial charge in [0, 0.05) is 17.6 Å². The van der Waals surface area contributed by atoms with Crippen LogP contribution in [0.3, 0.4) is 0 Å². The van der Waals surface area contributed by atoms with E-state index in [1.807, 2.05) is 39.0 Å². The van der Waals surface area contributed by atoms with E-state index in [1.165, 1.54) is 0 Å². The fourth-order valence-electron chi connectivity index (χ4n) is 2.40. The molecule has 0 aliphatic heterocycles. The molecule has 0 aliphatic rings. The minimum absolute atomic E-state index is 0.0358. The van der Waals surface area contributed by atoms with E-state index in [-0.39, 0.29) is 22.2 Å². The van der Waals surface area contributed by atoms with Crippen molar-refractivity contribution < 1.29 is 13.4 Å². The first-order valence-electron chi connectivity index (χ1n) is 11.6. The van der Waals surface area contributed by atoms with Crippen LogP contribution in [0.15, 0.2) is 24.4 Å². The van der Waals surface area contributed by atoms with Crippen molar-refractivity contribution >= 4 is 28.0 Å². The Labute approximate surface area is 203 Å². The summed E-state index contributed by atoms with van der Waals surface area (Å²) < 4.78 is 29.7. The van der Waals surface area contributed by atoms with Gasteiger partial charge in [0.15, 0.2) is 16.6 Å². The van der Waals surface area contributed by atoms with Crippen LogP contribution in [0.25, 0.3) is 0 Å². The summed E-state index contributed by atoms with van der Waals surface area (Å²) in [5.74, 6) is 0. The van der Waals surface area contributed by atoms with Gasteiger partial charge in [0.1, 0.15) is 16.9 Å². The minimum atomic E-state index is -2.15. The fourth-order valence-corrected chi connectivity index (χ4v) is 5.52. The van der Waals surface area contributed by atoms with Gasteiger partial charge in [-0.2, -0.15) is 0 Å². The molecular formula is C24H48N2O3SSi2. The molecule has 1 rings (SSSR count). The van der Waals surface area contributed by atoms with Crippen molar-refractivity contribution in [1.82, 2.24) is 9.71 Å². The molecule has 3 atom stereocenters. The molecular weight excluding hydrogens is 453 g/mol. The molecule has 0 aromatic carbocycles. The highest BCUT2D eigenvalue weighted by Crippen LogP contribution is 2.41. The highest BCUT2D eigenvalue weighted by Gasteiger charge is 2.45. The van der Waals surface area contributed by atoms with Crippen LogP contribution in [0.4, 0.5) is 0 Å². The molecule has 186 valence electrons. The number of hydrogen-bond acceptors (Lipinski definition) is 5. The molecule has 0 saturated carbocycles. The average molecular weight is 501 g/mol. The Hall–Kier alpha value is -0.226. The maximum atomic E-state index is 13.2. The monoisotopic (exact) mass is 500 g/mol. The molecule has 5 nitrogen and oxygen atoms in total. The van der Waals surface area contributed by atoms with Crippen LogP contribution in [0, 0.1) is 0 Å². The van der Waals surface area contributed by atoms with Gasteiger partial charge in [-0.15, -0.1) is 4.72 Å². The largest absolute Gasteiger partial charge is 0.598 e. The van der Waals surface area contributed by atoms with Crippen LogP contribution in [-0.4, -0.2) is 43.6 Å². The average Bonchev–Trinajstić information content (AvgIpc) is 2.61. The summed E-state index contributed by atoms with van der Waals surface area (Å²) in [6, 6.07) is 5.61. The van der Waals surface area contributed by atoms with Gasteiger partial charge in [0.2, 0.25) is 0 Å². The summed E-state index contributed by atoms with van der Waals surface area (Å²) in [7, 11) is -4.16. The Morgan fingerprint density at radius 1 is 0.938 bits per heavy atom. The number of aromatic nitrogens is 1. The van der Waals surface area contributed by atoms with Crippen LogP contribution in [-0.2, 0) is 20.2 Å². The Morgan fingerprint density at radius 3 is 1.88 bits per heavy atom. The number of hydrogen-bond donors (Lipinski definition) is 1. The molecule has 0 spiro atoms. The number of nitrogens with zero attached hydrogens (tertiary/aromatic N) is 1. The number of rotatable bonds is 9. The first kappa shape index (κ1) is 29.8. The molecule has 32 heavy (non-hydrogen) atoms. The van der Waals surface area contributed by atoms with Gasteiger partial charge < -0.3 is 13.4 Å². The fraction of sp³-hybridized carbons (Fsp3) is 0.792. The van der Waals surface area contributed by atoms with E-state index in [0.717, 1.165) is 5.69 Å². The topological polar surface area (TPSA) is 66.4 Å². The second-order valence-electron chi connectivity index (χ2n) is 12.7. The lowest BCUT2D eigenvalue weighted by molar-refractivity contribution is 0.108. The second-order valence-corrected chi connectivity index (χ2v) is 24.3. The van der Waals surface area contributed by atoms with Crippen LogP contribution >= 0.6 is 0 Å². The molecule has 1 aromatic heterocycles. The maximum absolute atomic E-state index is 13.2. The molecule has 0 radical (unpaired) electrons. The highest BCUT2D eigenvalue weighted by atomic mass is 32.2. The van der Waals surface area contributed by atoms with Crippen molar-refractivity contribution in [2.45, 2.75) is 115 Å². The van der Waals surface area contributed by atoms with Gasteiger partial charge in [-0.3, -0.25) is 4.98 Å². The molecule has 0 aliphatic carbocycles. The predicted molar refractivity (Wildman–Crippen MR) is 143 cm³/mol. The zero-order valence-corrected chi connectivity index (χ0v) is 25.6. The zero-order chi connectivity index (χ0) is 25.2. The Kier molecular flexibility index (Phi) is 9.86. The summed E-state index contributed by atoms with van der Waals surface area (Å²) >= 11 is -1.27. The van der Waals surface area contributed by atoms with Crippen LogP contribution in [0.2, 0.25) is 36.3 Å². The van der Waals surface area contributed by atoms with Crippen molar-refractivity contribution in [3.05, 3.63) is 30.1 Å². The lowest BCUT2D eigenvalue weighted by Crippen LogP contribution is -2.54. The summed E-state index contributed by atoms with van der Waals surface area (Å²) in [6.45, 7) is 28.7. The molecule has 1 aromatic rings. The van der Waals surface area contributed by atoms with Gasteiger partial charge in [0.25, 0.3) is 0 Å². The summed E-state index contributed by atoms with van der Waals surface area (Å²) in [5.41, 5.74) is 0.847. The van der Waals surface area contributed by atoms with E-state index >= 15 is 0 Å². The maximum Gasteiger partial charge on any atom is 0.193 e. The lowest BCUT2D eigenvalue weighted by atomic mass is 10.1. The Morgan fingerprint density at radius 2 is 1.47 bits per heavy atom. The summed E-state index contributed by atoms with van der Waals surface area (Å²) in [6.07, 6.45) is 1.44. The smallest absolute Gasteiger partial charge is 0.193 e. The van der Waals surface area contributed by atoms with Gasteiger partial charge >= 0.3 is 0 Å². The van der Waals surface area contributed by atoms with Crippen molar-refractivity contribution in [1.29, 1.82) is 0 Å². The van der Waals surface area contributed by atoms with E-state index in [0.29, 0.717) is 6.61 Å². The van der Waals surface area contributed by atoms with Gasteiger partial charge in [-0.1, -0.05) is 47.6 Å². The zero-order valence-electron chi connectivity index (χ0n) is 22.8. The normalized spacial score (nSPS) is 17.2. The third-order valence-electron chi connectivity index (χ3n) is 6.82. The van der Waals surface area contributed by atoms with E-state index in [2.05, 4.69) is 77.4 Å². The van der Waals surface area contributed by atoms with Crippen molar-refractivity contribution in [2.75, 3.05) is 6.61 Å². The SMILES string of the molecule is CC(C)(C)[S+]([O-])N[C@@H](CO[Si](C)(C)C(C)(C)C)C(O[Si](C)(C)C(C)(C)C)c1ccccn1. The minimum Gasteiger partial charge on any atom is -0.598 e. The molecule has 8 heteroatoms. The summed E-state index contributed by atoms with van der Waals surface area (Å²) in [5, 5.41) is 0.121. The van der Waals surface area contributed by atoms with Crippen molar-refractivity contribution in [2.24, 2.45) is 0 Å². The van der Waals surface area contributed by atoms with Gasteiger partial charge in [0.05, 0.1) is 12.3 Å². The van der Waals surface area contributed by atoms with Gasteiger partial charge in [-0.05, 0) is 69.2 Å². The number of nitrogens with one attached hydrogen (secondary N) is 1. The first-order chi connectivity index (χ1) is 14.2. The van der Waals surface area contributed by atoms with Crippen molar-refractivity contribution in [3.63, 3.8) is 0 Å². The van der Waals surface area contributed by atoms with E-state index < -0.39 is 32.7 Å².